The first kappa shape index (κ1) is 21.0. The molecule has 9 heteroatoms. The van der Waals surface area contributed by atoms with Crippen molar-refractivity contribution in [3.63, 3.8) is 0 Å². The molecule has 4 heterocycles. The number of hydrogen-bond donors (Lipinski definition) is 0. The van der Waals surface area contributed by atoms with Gasteiger partial charge in [0, 0.05) is 29.6 Å². The lowest BCUT2D eigenvalue weighted by Gasteiger charge is -2.32. The van der Waals surface area contributed by atoms with Crippen LogP contribution in [0.25, 0.3) is 22.9 Å². The van der Waals surface area contributed by atoms with Crippen molar-refractivity contribution in [3.05, 3.63) is 78.0 Å². The topological polar surface area (TPSA) is 55.4 Å². The van der Waals surface area contributed by atoms with Crippen molar-refractivity contribution in [2.45, 2.75) is 26.1 Å². The van der Waals surface area contributed by atoms with Gasteiger partial charge in [0.05, 0.1) is 29.7 Å². The Morgan fingerprint density at radius 2 is 1.85 bits per heavy atom. The first-order chi connectivity index (χ1) is 15.8. The van der Waals surface area contributed by atoms with Crippen LogP contribution >= 0.6 is 0 Å². The number of imidazole rings is 1. The van der Waals surface area contributed by atoms with Crippen molar-refractivity contribution in [2.24, 2.45) is 0 Å². The van der Waals surface area contributed by atoms with E-state index in [2.05, 4.69) is 10.1 Å². The molecule has 168 valence electrons. The smallest absolute Gasteiger partial charge is 0.305 e. The van der Waals surface area contributed by atoms with Gasteiger partial charge in [0.25, 0.3) is 5.91 Å². The number of alkyl halides is 3. The summed E-state index contributed by atoms with van der Waals surface area (Å²) in [6, 6.07) is 8.27. The number of nitrogens with zero attached hydrogens (tertiary/aromatic N) is 5. The second-order valence-corrected chi connectivity index (χ2v) is 7.99. The van der Waals surface area contributed by atoms with Crippen molar-refractivity contribution in [1.29, 1.82) is 0 Å². The van der Waals surface area contributed by atoms with Crippen molar-refractivity contribution in [3.8, 4) is 11.1 Å². The van der Waals surface area contributed by atoms with Gasteiger partial charge < -0.3 is 4.90 Å². The Labute approximate surface area is 187 Å². The van der Waals surface area contributed by atoms with E-state index in [1.165, 1.54) is 17.0 Å². The number of hydrogen-bond acceptors (Lipinski definition) is 3. The first-order valence-electron chi connectivity index (χ1n) is 10.4. The number of carbonyl (C=O) groups excluding carboxylic acids is 1. The second kappa shape index (κ2) is 7.61. The molecule has 0 N–H and O–H groups in total. The summed E-state index contributed by atoms with van der Waals surface area (Å²) in [5.74, 6) is -0.306. The van der Waals surface area contributed by atoms with Crippen LogP contribution in [-0.2, 0) is 6.18 Å². The molecule has 0 saturated carbocycles. The van der Waals surface area contributed by atoms with E-state index in [1.54, 1.807) is 17.1 Å². The van der Waals surface area contributed by atoms with Crippen LogP contribution in [0.1, 0.15) is 41.6 Å². The largest absolute Gasteiger partial charge is 0.416 e. The van der Waals surface area contributed by atoms with Crippen LogP contribution in [0.5, 0.6) is 0 Å². The highest BCUT2D eigenvalue weighted by Gasteiger charge is 2.35. The van der Waals surface area contributed by atoms with Crippen molar-refractivity contribution >= 4 is 23.3 Å². The van der Waals surface area contributed by atoms with Gasteiger partial charge in [-0.25, -0.2) is 4.98 Å². The van der Waals surface area contributed by atoms with E-state index in [-0.39, 0.29) is 11.9 Å². The third-order valence-electron chi connectivity index (χ3n) is 5.80. The molecule has 1 aromatic carbocycles. The molecule has 1 aliphatic heterocycles. The quantitative estimate of drug-likeness (QED) is 0.415. The van der Waals surface area contributed by atoms with Gasteiger partial charge in [0.15, 0.2) is 0 Å². The fourth-order valence-corrected chi connectivity index (χ4v) is 4.18. The summed E-state index contributed by atoms with van der Waals surface area (Å²) in [6.45, 7) is 4.16. The van der Waals surface area contributed by atoms with E-state index in [1.807, 2.05) is 48.7 Å². The molecular formula is C24H20F3N5O. The standard InChI is InChI=1S/C24H20F3N5O/c1-3-4-19-11-28-21-10-5-16(14-30(19)21)20-12-29-32-15(2)13-31(23(33)22(20)32)18-8-6-17(7-9-18)24(25,26)27/h3-12,14-15H,13H2,1-2H3/b4-3-/t15-/m0/s1. The van der Waals surface area contributed by atoms with Crippen LogP contribution in [0.4, 0.5) is 18.9 Å². The Bertz CT molecular complexity index is 1380. The maximum absolute atomic E-state index is 13.5. The summed E-state index contributed by atoms with van der Waals surface area (Å²) in [5.41, 5.74) is 3.20. The third kappa shape index (κ3) is 3.49. The molecule has 6 nitrogen and oxygen atoms in total. The Hall–Kier alpha value is -3.88. The summed E-state index contributed by atoms with van der Waals surface area (Å²) in [4.78, 5) is 19.4. The SMILES string of the molecule is C/C=C\c1cnc2ccc(-c3cnn4c3C(=O)N(c3ccc(C(F)(F)F)cc3)C[C@@H]4C)cn12. The minimum absolute atomic E-state index is 0.149. The Balaban J connectivity index is 1.56. The van der Waals surface area contributed by atoms with Gasteiger partial charge in [-0.3, -0.25) is 13.9 Å². The lowest BCUT2D eigenvalue weighted by Crippen LogP contribution is -2.42. The molecule has 0 fully saturated rings. The Kier molecular flexibility index (Phi) is 4.84. The number of fused-ring (bicyclic) bond motifs is 2. The van der Waals surface area contributed by atoms with Crippen LogP contribution < -0.4 is 4.90 Å². The fraction of sp³-hybridized carbons (Fsp3) is 0.208. The lowest BCUT2D eigenvalue weighted by atomic mass is 10.0. The molecule has 33 heavy (non-hydrogen) atoms. The monoisotopic (exact) mass is 451 g/mol. The van der Waals surface area contributed by atoms with Crippen LogP contribution in [0.3, 0.4) is 0 Å². The Morgan fingerprint density at radius 3 is 2.55 bits per heavy atom. The van der Waals surface area contributed by atoms with E-state index in [4.69, 9.17) is 0 Å². The lowest BCUT2D eigenvalue weighted by molar-refractivity contribution is -0.137. The van der Waals surface area contributed by atoms with Crippen molar-refractivity contribution in [1.82, 2.24) is 19.2 Å². The highest BCUT2D eigenvalue weighted by Crippen LogP contribution is 2.35. The highest BCUT2D eigenvalue weighted by atomic mass is 19.4. The van der Waals surface area contributed by atoms with Crippen molar-refractivity contribution in [2.75, 3.05) is 11.4 Å². The molecule has 1 aliphatic rings. The van der Waals surface area contributed by atoms with Crippen molar-refractivity contribution < 1.29 is 18.0 Å². The number of allylic oxidation sites excluding steroid dienone is 1. The summed E-state index contributed by atoms with van der Waals surface area (Å²) >= 11 is 0. The maximum atomic E-state index is 13.5. The molecule has 0 bridgehead atoms. The maximum Gasteiger partial charge on any atom is 0.416 e. The molecule has 3 aromatic heterocycles. The van der Waals surface area contributed by atoms with E-state index < -0.39 is 11.7 Å². The van der Waals surface area contributed by atoms with E-state index >= 15 is 0 Å². The van der Waals surface area contributed by atoms with Gasteiger partial charge in [-0.05, 0) is 56.3 Å². The predicted molar refractivity (Wildman–Crippen MR) is 119 cm³/mol. The molecule has 4 aromatic rings. The fourth-order valence-electron chi connectivity index (χ4n) is 4.18. The van der Waals surface area contributed by atoms with Gasteiger partial charge in [0.2, 0.25) is 0 Å². The normalized spacial score (nSPS) is 16.7. The average molecular weight is 451 g/mol. The first-order valence-corrected chi connectivity index (χ1v) is 10.4. The Morgan fingerprint density at radius 1 is 1.09 bits per heavy atom. The van der Waals surface area contributed by atoms with Gasteiger partial charge in [-0.1, -0.05) is 6.08 Å². The summed E-state index contributed by atoms with van der Waals surface area (Å²) < 4.78 is 42.5. The van der Waals surface area contributed by atoms with E-state index in [0.29, 0.717) is 23.5 Å². The molecule has 0 saturated heterocycles. The number of rotatable bonds is 3. The third-order valence-corrected chi connectivity index (χ3v) is 5.80. The van der Waals surface area contributed by atoms with Gasteiger partial charge in [-0.2, -0.15) is 18.3 Å². The number of carbonyl (C=O) groups is 1. The predicted octanol–water partition coefficient (Wildman–Crippen LogP) is 5.47. The summed E-state index contributed by atoms with van der Waals surface area (Å²) in [5, 5.41) is 4.45. The zero-order valence-electron chi connectivity index (χ0n) is 17.9. The average Bonchev–Trinajstić information content (AvgIpc) is 3.41. The van der Waals surface area contributed by atoms with Crippen LogP contribution in [-0.4, -0.2) is 31.6 Å². The number of aromatic nitrogens is 4. The number of amides is 1. The number of pyridine rings is 1. The van der Waals surface area contributed by atoms with Crippen LogP contribution in [0.2, 0.25) is 0 Å². The van der Waals surface area contributed by atoms with Gasteiger partial charge >= 0.3 is 6.18 Å². The molecule has 0 aliphatic carbocycles. The highest BCUT2D eigenvalue weighted by molar-refractivity contribution is 6.09. The zero-order chi connectivity index (χ0) is 23.3. The van der Waals surface area contributed by atoms with Gasteiger partial charge in [0.1, 0.15) is 11.3 Å². The molecule has 0 radical (unpaired) electrons. The molecular weight excluding hydrogens is 431 g/mol. The molecule has 1 atom stereocenters. The molecule has 5 rings (SSSR count). The zero-order valence-corrected chi connectivity index (χ0v) is 17.9. The molecule has 0 spiro atoms. The summed E-state index contributed by atoms with van der Waals surface area (Å²) in [7, 11) is 0. The minimum Gasteiger partial charge on any atom is -0.305 e. The molecule has 1 amide bonds. The van der Waals surface area contributed by atoms with Crippen LogP contribution in [0, 0.1) is 0 Å². The number of halogens is 3. The minimum atomic E-state index is -4.43. The van der Waals surface area contributed by atoms with E-state index in [9.17, 15) is 18.0 Å². The molecule has 0 unspecified atom stereocenters. The van der Waals surface area contributed by atoms with Gasteiger partial charge in [-0.15, -0.1) is 0 Å². The number of anilines is 1. The van der Waals surface area contributed by atoms with Crippen LogP contribution in [0.15, 0.2) is 61.1 Å². The number of benzene rings is 1. The second-order valence-electron chi connectivity index (χ2n) is 7.99. The van der Waals surface area contributed by atoms with E-state index in [0.717, 1.165) is 29.0 Å². The summed E-state index contributed by atoms with van der Waals surface area (Å²) in [6.07, 6.45) is 4.77.